The first kappa shape index (κ1) is 19.1. The predicted molar refractivity (Wildman–Crippen MR) is 116 cm³/mol. The van der Waals surface area contributed by atoms with E-state index in [2.05, 4.69) is 29.2 Å². The van der Waals surface area contributed by atoms with Crippen molar-refractivity contribution in [3.8, 4) is 0 Å². The Morgan fingerprint density at radius 3 is 1.50 bits per heavy atom. The van der Waals surface area contributed by atoms with Gasteiger partial charge in [0.05, 0.1) is 28.3 Å². The summed E-state index contributed by atoms with van der Waals surface area (Å²) in [6.07, 6.45) is 0. The molecule has 4 rings (SSSR count). The molecule has 0 saturated heterocycles. The number of rotatable bonds is 3. The smallest absolute Gasteiger partial charge is 0.0860 e. The number of anilines is 3. The quantitative estimate of drug-likeness (QED) is 0.444. The van der Waals surface area contributed by atoms with Crippen LogP contribution in [0.3, 0.4) is 0 Å². The van der Waals surface area contributed by atoms with Crippen LogP contribution in [0.4, 0.5) is 17.1 Å². The van der Waals surface area contributed by atoms with E-state index in [4.69, 9.17) is 0 Å². The van der Waals surface area contributed by atoms with Gasteiger partial charge in [0.25, 0.3) is 0 Å². The Hall–Kier alpha value is -2.27. The zero-order valence-electron chi connectivity index (χ0n) is 16.6. The maximum atomic E-state index is 11.0. The minimum atomic E-state index is -1.06. The van der Waals surface area contributed by atoms with Gasteiger partial charge < -0.3 is 15.1 Å². The number of nitrogens with zero attached hydrogens (tertiary/aromatic N) is 1. The van der Waals surface area contributed by atoms with E-state index in [1.165, 1.54) is 0 Å². The van der Waals surface area contributed by atoms with Crippen molar-refractivity contribution in [1.82, 2.24) is 0 Å². The Balaban J connectivity index is 2.10. The van der Waals surface area contributed by atoms with Crippen LogP contribution in [-0.4, -0.2) is 10.2 Å². The number of aliphatic hydroxyl groups is 2. The van der Waals surface area contributed by atoms with Gasteiger partial charge in [-0.1, -0.05) is 54.2 Å². The van der Waals surface area contributed by atoms with E-state index >= 15 is 0 Å². The molecule has 3 nitrogen and oxygen atoms in total. The summed E-state index contributed by atoms with van der Waals surface area (Å²) in [6, 6.07) is 22.3. The van der Waals surface area contributed by atoms with Gasteiger partial charge >= 0.3 is 0 Å². The van der Waals surface area contributed by atoms with Gasteiger partial charge in [0.1, 0.15) is 0 Å². The number of hydrogen-bond donors (Lipinski definition) is 2. The number of para-hydroxylation sites is 3. The van der Waals surface area contributed by atoms with Crippen LogP contribution in [0.15, 0.2) is 76.5 Å². The number of hydrogen-bond acceptors (Lipinski definition) is 4. The molecule has 0 atom stereocenters. The lowest BCUT2D eigenvalue weighted by Gasteiger charge is -2.39. The molecule has 0 spiro atoms. The van der Waals surface area contributed by atoms with Gasteiger partial charge in [-0.05, 0) is 52.0 Å². The van der Waals surface area contributed by atoms with Crippen molar-refractivity contribution in [3.05, 3.63) is 77.9 Å². The van der Waals surface area contributed by atoms with Crippen LogP contribution < -0.4 is 4.90 Å². The van der Waals surface area contributed by atoms with Crippen LogP contribution >= 0.6 is 11.8 Å². The Bertz CT molecular complexity index is 954. The largest absolute Gasteiger partial charge is 0.386 e. The summed E-state index contributed by atoms with van der Waals surface area (Å²) in [5.41, 5.74) is 2.37. The maximum Gasteiger partial charge on any atom is 0.0860 e. The van der Waals surface area contributed by atoms with Crippen molar-refractivity contribution in [2.24, 2.45) is 0 Å². The lowest BCUT2D eigenvalue weighted by molar-refractivity contribution is 0.0730. The summed E-state index contributed by atoms with van der Waals surface area (Å²) in [5.74, 6) is 0. The molecule has 28 heavy (non-hydrogen) atoms. The molecule has 0 amide bonds. The normalized spacial score (nSPS) is 13.9. The van der Waals surface area contributed by atoms with Crippen molar-refractivity contribution in [2.45, 2.75) is 48.7 Å². The van der Waals surface area contributed by atoms with E-state index in [1.54, 1.807) is 39.5 Å². The molecule has 4 heteroatoms. The van der Waals surface area contributed by atoms with Crippen LogP contribution in [0.2, 0.25) is 0 Å². The van der Waals surface area contributed by atoms with Crippen LogP contribution in [0, 0.1) is 0 Å². The molecule has 3 aromatic carbocycles. The molecule has 0 aromatic heterocycles. The first-order valence-corrected chi connectivity index (χ1v) is 10.2. The van der Waals surface area contributed by atoms with Gasteiger partial charge in [-0.15, -0.1) is 0 Å². The standard InChI is InChI=1S/C24H25NO2S/c1-23(2,26)16-10-9-11-17(24(3,4)27)22(16)25-18-12-5-7-14-20(18)28-21-15-8-6-13-19(21)25/h5-15,26-27H,1-4H3. The van der Waals surface area contributed by atoms with E-state index in [9.17, 15) is 10.2 Å². The maximum absolute atomic E-state index is 11.0. The lowest BCUT2D eigenvalue weighted by Crippen LogP contribution is -2.28. The summed E-state index contributed by atoms with van der Waals surface area (Å²) in [5, 5.41) is 21.9. The molecular weight excluding hydrogens is 366 g/mol. The van der Waals surface area contributed by atoms with Crippen molar-refractivity contribution < 1.29 is 10.2 Å². The highest BCUT2D eigenvalue weighted by Gasteiger charge is 2.34. The van der Waals surface area contributed by atoms with E-state index < -0.39 is 11.2 Å². The molecule has 0 saturated carbocycles. The van der Waals surface area contributed by atoms with E-state index in [1.807, 2.05) is 42.5 Å². The van der Waals surface area contributed by atoms with Crippen LogP contribution in [0.25, 0.3) is 0 Å². The van der Waals surface area contributed by atoms with Crippen LogP contribution in [-0.2, 0) is 11.2 Å². The zero-order valence-corrected chi connectivity index (χ0v) is 17.4. The average Bonchev–Trinajstić information content (AvgIpc) is 2.64. The van der Waals surface area contributed by atoms with Crippen molar-refractivity contribution in [1.29, 1.82) is 0 Å². The van der Waals surface area contributed by atoms with Gasteiger partial charge in [-0.3, -0.25) is 0 Å². The molecule has 144 valence electrons. The molecular formula is C24H25NO2S. The fraction of sp³-hybridized carbons (Fsp3) is 0.250. The monoisotopic (exact) mass is 391 g/mol. The fourth-order valence-corrected chi connectivity index (χ4v) is 4.78. The molecule has 1 heterocycles. The zero-order chi connectivity index (χ0) is 20.1. The molecule has 0 aliphatic carbocycles. The predicted octanol–water partition coefficient (Wildman–Crippen LogP) is 6.08. The third-order valence-corrected chi connectivity index (χ3v) is 6.14. The molecule has 0 bridgehead atoms. The number of benzene rings is 3. The minimum absolute atomic E-state index is 0.781. The summed E-state index contributed by atoms with van der Waals surface area (Å²) in [6.45, 7) is 7.15. The highest BCUT2D eigenvalue weighted by molar-refractivity contribution is 7.99. The van der Waals surface area contributed by atoms with Crippen molar-refractivity contribution >= 4 is 28.8 Å². The van der Waals surface area contributed by atoms with E-state index in [0.717, 1.165) is 38.0 Å². The third kappa shape index (κ3) is 3.22. The first-order valence-electron chi connectivity index (χ1n) is 9.42. The van der Waals surface area contributed by atoms with Crippen LogP contribution in [0.5, 0.6) is 0 Å². The van der Waals surface area contributed by atoms with E-state index in [0.29, 0.717) is 0 Å². The van der Waals surface area contributed by atoms with Gasteiger partial charge in [0.2, 0.25) is 0 Å². The van der Waals surface area contributed by atoms with Crippen LogP contribution in [0.1, 0.15) is 38.8 Å². The first-order chi connectivity index (χ1) is 13.2. The van der Waals surface area contributed by atoms with Gasteiger partial charge in [0, 0.05) is 20.9 Å². The topological polar surface area (TPSA) is 43.7 Å². The minimum Gasteiger partial charge on any atom is -0.386 e. The molecule has 1 aliphatic heterocycles. The molecule has 1 aliphatic rings. The molecule has 0 fully saturated rings. The Kier molecular flexibility index (Phi) is 4.53. The fourth-order valence-electron chi connectivity index (χ4n) is 3.72. The second kappa shape index (κ2) is 6.66. The summed E-state index contributed by atoms with van der Waals surface area (Å²) in [7, 11) is 0. The van der Waals surface area contributed by atoms with Crippen molar-refractivity contribution in [3.63, 3.8) is 0 Å². The molecule has 0 unspecified atom stereocenters. The second-order valence-corrected chi connectivity index (χ2v) is 9.28. The SMILES string of the molecule is CC(C)(O)c1cccc(C(C)(C)O)c1N1c2ccccc2Sc2ccccc21. The average molecular weight is 392 g/mol. The van der Waals surface area contributed by atoms with Gasteiger partial charge in [-0.25, -0.2) is 0 Å². The van der Waals surface area contributed by atoms with E-state index in [-0.39, 0.29) is 0 Å². The Labute approximate surface area is 170 Å². The number of fused-ring (bicyclic) bond motifs is 2. The van der Waals surface area contributed by atoms with Gasteiger partial charge in [0.15, 0.2) is 0 Å². The highest BCUT2D eigenvalue weighted by atomic mass is 32.2. The second-order valence-electron chi connectivity index (χ2n) is 8.19. The summed E-state index contributed by atoms with van der Waals surface area (Å²) < 4.78 is 0. The third-order valence-electron chi connectivity index (χ3n) is 5.01. The van der Waals surface area contributed by atoms with Gasteiger partial charge in [-0.2, -0.15) is 0 Å². The molecule has 0 radical (unpaired) electrons. The highest BCUT2D eigenvalue weighted by Crippen LogP contribution is 2.54. The lowest BCUT2D eigenvalue weighted by atomic mass is 9.87. The summed E-state index contributed by atoms with van der Waals surface area (Å²) in [4.78, 5) is 4.48. The van der Waals surface area contributed by atoms with Crippen molar-refractivity contribution in [2.75, 3.05) is 4.90 Å². The Morgan fingerprint density at radius 2 is 1.07 bits per heavy atom. The molecule has 3 aromatic rings. The summed E-state index contributed by atoms with van der Waals surface area (Å²) >= 11 is 1.74. The molecule has 2 N–H and O–H groups in total. The Morgan fingerprint density at radius 1 is 0.643 bits per heavy atom.